The fourth-order valence-corrected chi connectivity index (χ4v) is 2.59. The topological polar surface area (TPSA) is 61.2 Å². The van der Waals surface area contributed by atoms with Gasteiger partial charge in [-0.2, -0.15) is 0 Å². The number of esters is 1. The highest BCUT2D eigenvalue weighted by Gasteiger charge is 2.18. The van der Waals surface area contributed by atoms with E-state index < -0.39 is 5.97 Å². The van der Waals surface area contributed by atoms with Crippen molar-refractivity contribution in [2.45, 2.75) is 13.0 Å². The van der Waals surface area contributed by atoms with Gasteiger partial charge in [-0.1, -0.05) is 42.1 Å². The predicted octanol–water partition coefficient (Wildman–Crippen LogP) is 2.54. The number of ether oxygens (including phenoxy) is 1. The number of hydrogen-bond acceptors (Lipinski definition) is 5. The van der Waals surface area contributed by atoms with E-state index >= 15 is 0 Å². The Morgan fingerprint density at radius 1 is 1.33 bits per heavy atom. The number of imidazole rings is 1. The largest absolute Gasteiger partial charge is 0.468 e. The minimum absolute atomic E-state index is 0.000229. The number of carbonyl (C=O) groups is 2. The molecule has 2 rings (SSSR count). The third kappa shape index (κ3) is 3.72. The zero-order valence-corrected chi connectivity index (χ0v) is 12.7. The van der Waals surface area contributed by atoms with Crippen LogP contribution in [0.3, 0.4) is 0 Å². The Hall–Kier alpha value is -2.08. The molecule has 0 saturated carbocycles. The van der Waals surface area contributed by atoms with Crippen LogP contribution in [-0.4, -0.2) is 33.5 Å². The second kappa shape index (κ2) is 7.08. The van der Waals surface area contributed by atoms with Crippen LogP contribution in [0.2, 0.25) is 0 Å². The van der Waals surface area contributed by atoms with E-state index in [0.717, 1.165) is 17.3 Å². The maximum atomic E-state index is 12.2. The summed E-state index contributed by atoms with van der Waals surface area (Å²) in [6, 6.07) is 9.85. The van der Waals surface area contributed by atoms with Gasteiger partial charge in [-0.05, 0) is 12.5 Å². The lowest BCUT2D eigenvalue weighted by molar-refractivity contribution is -0.137. The SMILES string of the molecule is COC(=O)CSC(=O)c1cncn1[C@H](C)c1ccccc1. The molecule has 1 atom stereocenters. The third-order valence-electron chi connectivity index (χ3n) is 3.12. The highest BCUT2D eigenvalue weighted by Crippen LogP contribution is 2.22. The monoisotopic (exact) mass is 304 g/mol. The van der Waals surface area contributed by atoms with E-state index in [4.69, 9.17) is 0 Å². The minimum Gasteiger partial charge on any atom is -0.468 e. The number of benzene rings is 1. The lowest BCUT2D eigenvalue weighted by Crippen LogP contribution is -2.13. The van der Waals surface area contributed by atoms with Crippen molar-refractivity contribution in [3.63, 3.8) is 0 Å². The summed E-state index contributed by atoms with van der Waals surface area (Å²) in [4.78, 5) is 27.3. The quantitative estimate of drug-likeness (QED) is 0.794. The first-order chi connectivity index (χ1) is 10.1. The van der Waals surface area contributed by atoms with E-state index in [1.54, 1.807) is 6.33 Å². The molecule has 0 N–H and O–H groups in total. The highest BCUT2D eigenvalue weighted by atomic mass is 32.2. The van der Waals surface area contributed by atoms with Gasteiger partial charge in [0.05, 0.1) is 31.4 Å². The summed E-state index contributed by atoms with van der Waals surface area (Å²) in [5.41, 5.74) is 1.56. The molecule has 0 radical (unpaired) electrons. The molecule has 1 aromatic carbocycles. The molecule has 1 aromatic heterocycles. The fourth-order valence-electron chi connectivity index (χ4n) is 1.92. The van der Waals surface area contributed by atoms with E-state index in [2.05, 4.69) is 9.72 Å². The molecule has 110 valence electrons. The maximum absolute atomic E-state index is 12.2. The smallest absolute Gasteiger partial charge is 0.316 e. The van der Waals surface area contributed by atoms with E-state index in [0.29, 0.717) is 5.69 Å². The van der Waals surface area contributed by atoms with Crippen molar-refractivity contribution in [1.82, 2.24) is 9.55 Å². The van der Waals surface area contributed by atoms with Crippen LogP contribution in [0.4, 0.5) is 0 Å². The summed E-state index contributed by atoms with van der Waals surface area (Å²) in [5, 5.41) is -0.194. The molecule has 0 unspecified atom stereocenters. The number of rotatable bonds is 5. The number of carbonyl (C=O) groups excluding carboxylic acids is 2. The van der Waals surface area contributed by atoms with Crippen LogP contribution in [-0.2, 0) is 9.53 Å². The average molecular weight is 304 g/mol. The van der Waals surface area contributed by atoms with Gasteiger partial charge >= 0.3 is 5.97 Å². The molecule has 1 heterocycles. The molecular weight excluding hydrogens is 288 g/mol. The summed E-state index contributed by atoms with van der Waals surface area (Å²) >= 11 is 0.919. The lowest BCUT2D eigenvalue weighted by atomic mass is 10.1. The second-order valence-corrected chi connectivity index (χ2v) is 5.37. The van der Waals surface area contributed by atoms with Gasteiger partial charge in [0.25, 0.3) is 0 Å². The van der Waals surface area contributed by atoms with Crippen molar-refractivity contribution < 1.29 is 14.3 Å². The maximum Gasteiger partial charge on any atom is 0.316 e. The molecular formula is C15H16N2O3S. The van der Waals surface area contributed by atoms with Gasteiger partial charge < -0.3 is 9.30 Å². The molecule has 0 saturated heterocycles. The Morgan fingerprint density at radius 3 is 2.71 bits per heavy atom. The molecule has 5 nitrogen and oxygen atoms in total. The van der Waals surface area contributed by atoms with Crippen molar-refractivity contribution in [3.8, 4) is 0 Å². The predicted molar refractivity (Wildman–Crippen MR) is 81.3 cm³/mol. The molecule has 0 aliphatic carbocycles. The summed E-state index contributed by atoms with van der Waals surface area (Å²) in [6.45, 7) is 2.00. The van der Waals surface area contributed by atoms with Crippen molar-refractivity contribution in [3.05, 3.63) is 54.1 Å². The first-order valence-corrected chi connectivity index (χ1v) is 7.42. The van der Waals surface area contributed by atoms with E-state index in [9.17, 15) is 9.59 Å². The first kappa shape index (κ1) is 15.3. The minimum atomic E-state index is -0.421. The van der Waals surface area contributed by atoms with E-state index in [1.165, 1.54) is 13.3 Å². The number of hydrogen-bond donors (Lipinski definition) is 0. The molecule has 21 heavy (non-hydrogen) atoms. The van der Waals surface area contributed by atoms with Gasteiger partial charge in [0.2, 0.25) is 5.12 Å². The number of thioether (sulfide) groups is 1. The molecule has 0 bridgehead atoms. The average Bonchev–Trinajstić information content (AvgIpc) is 3.01. The van der Waals surface area contributed by atoms with Gasteiger partial charge in [0.1, 0.15) is 5.69 Å². The standard InChI is InChI=1S/C15H16N2O3S/c1-11(12-6-4-3-5-7-12)17-10-16-8-13(17)15(19)21-9-14(18)20-2/h3-8,10-11H,9H2,1-2H3/t11-/m1/s1. The Balaban J connectivity index is 2.15. The molecule has 0 aliphatic heterocycles. The molecule has 0 aliphatic rings. The zero-order valence-electron chi connectivity index (χ0n) is 11.9. The van der Waals surface area contributed by atoms with E-state index in [-0.39, 0.29) is 16.9 Å². The lowest BCUT2D eigenvalue weighted by Gasteiger charge is -2.16. The summed E-state index contributed by atoms with van der Waals surface area (Å²) in [7, 11) is 1.30. The zero-order chi connectivity index (χ0) is 15.2. The normalized spacial score (nSPS) is 11.9. The van der Waals surface area contributed by atoms with Crippen molar-refractivity contribution >= 4 is 22.8 Å². The van der Waals surface area contributed by atoms with Crippen LogP contribution in [0.1, 0.15) is 29.0 Å². The van der Waals surface area contributed by atoms with E-state index in [1.807, 2.05) is 41.8 Å². The van der Waals surface area contributed by atoms with Crippen molar-refractivity contribution in [1.29, 1.82) is 0 Å². The third-order valence-corrected chi connectivity index (χ3v) is 3.97. The Kier molecular flexibility index (Phi) is 5.16. The van der Waals surface area contributed by atoms with Crippen LogP contribution < -0.4 is 0 Å². The van der Waals surface area contributed by atoms with Crippen molar-refractivity contribution in [2.24, 2.45) is 0 Å². The Morgan fingerprint density at radius 2 is 2.05 bits per heavy atom. The summed E-state index contributed by atoms with van der Waals surface area (Å²) in [6.07, 6.45) is 3.15. The van der Waals surface area contributed by atoms with Gasteiger partial charge in [0, 0.05) is 0 Å². The molecule has 0 spiro atoms. The van der Waals surface area contributed by atoms with Gasteiger partial charge in [-0.15, -0.1) is 0 Å². The van der Waals surface area contributed by atoms with Gasteiger partial charge in [-0.3, -0.25) is 9.59 Å². The number of aromatic nitrogens is 2. The van der Waals surface area contributed by atoms with Gasteiger partial charge in [0.15, 0.2) is 0 Å². The highest BCUT2D eigenvalue weighted by molar-refractivity contribution is 8.14. The van der Waals surface area contributed by atoms with Crippen LogP contribution >= 0.6 is 11.8 Å². The number of methoxy groups -OCH3 is 1. The summed E-state index contributed by atoms with van der Waals surface area (Å²) in [5.74, 6) is -0.421. The van der Waals surface area contributed by atoms with Crippen LogP contribution in [0.15, 0.2) is 42.9 Å². The Bertz CT molecular complexity index is 625. The molecule has 0 fully saturated rings. The summed E-state index contributed by atoms with van der Waals surface area (Å²) < 4.78 is 6.34. The van der Waals surface area contributed by atoms with Gasteiger partial charge in [-0.25, -0.2) is 4.98 Å². The first-order valence-electron chi connectivity index (χ1n) is 6.44. The van der Waals surface area contributed by atoms with Crippen LogP contribution in [0.5, 0.6) is 0 Å². The molecule has 2 aromatic rings. The van der Waals surface area contributed by atoms with Crippen molar-refractivity contribution in [2.75, 3.05) is 12.9 Å². The second-order valence-electron chi connectivity index (χ2n) is 4.43. The Labute approximate surface area is 127 Å². The molecule has 6 heteroatoms. The molecule has 0 amide bonds. The fraction of sp³-hybridized carbons (Fsp3) is 0.267. The number of nitrogens with zero attached hydrogens (tertiary/aromatic N) is 2. The van der Waals surface area contributed by atoms with Crippen LogP contribution in [0.25, 0.3) is 0 Å². The van der Waals surface area contributed by atoms with Crippen LogP contribution in [0, 0.1) is 0 Å².